The number of amides is 3. The van der Waals surface area contributed by atoms with Crippen molar-refractivity contribution in [1.82, 2.24) is 9.80 Å². The minimum Gasteiger partial charge on any atom is -0.396 e. The van der Waals surface area contributed by atoms with Gasteiger partial charge in [-0.3, -0.25) is 14.4 Å². The summed E-state index contributed by atoms with van der Waals surface area (Å²) in [6.45, 7) is 11.6. The number of thioether (sulfide) groups is 1. The molecular weight excluding hydrogens is 626 g/mol. The van der Waals surface area contributed by atoms with Gasteiger partial charge in [0.25, 0.3) is 5.91 Å². The zero-order valence-electron chi connectivity index (χ0n) is 23.7. The molecule has 3 heterocycles. The van der Waals surface area contributed by atoms with Gasteiger partial charge in [-0.15, -0.1) is 24.9 Å². The molecular formula is C31H41BrClN3O4S. The molecule has 3 amide bonds. The molecule has 1 N–H and O–H groups in total. The van der Waals surface area contributed by atoms with Crippen molar-refractivity contribution in [2.24, 2.45) is 11.8 Å². The Balaban J connectivity index is 1.76. The number of carbonyl (C=O) groups excluding carboxylic acids is 3. The molecule has 10 heteroatoms. The van der Waals surface area contributed by atoms with Crippen molar-refractivity contribution in [3.63, 3.8) is 0 Å². The van der Waals surface area contributed by atoms with Crippen molar-refractivity contribution in [2.75, 3.05) is 37.7 Å². The maximum Gasteiger partial charge on any atom is 0.251 e. The predicted molar refractivity (Wildman–Crippen MR) is 171 cm³/mol. The predicted octanol–water partition coefficient (Wildman–Crippen LogP) is 5.30. The molecule has 224 valence electrons. The average molecular weight is 667 g/mol. The Morgan fingerprint density at radius 1 is 1.17 bits per heavy atom. The number of hydrogen-bond donors (Lipinski definition) is 1. The molecule has 1 aromatic rings. The molecule has 41 heavy (non-hydrogen) atoms. The van der Waals surface area contributed by atoms with Gasteiger partial charge in [-0.05, 0) is 37.8 Å². The minimum atomic E-state index is -0.735. The number of anilines is 1. The van der Waals surface area contributed by atoms with Crippen LogP contribution >= 0.6 is 39.3 Å². The Morgan fingerprint density at radius 2 is 1.88 bits per heavy atom. The summed E-state index contributed by atoms with van der Waals surface area (Å²) in [7, 11) is 0. The number of rotatable bonds is 15. The number of para-hydroxylation sites is 1. The molecule has 0 saturated carbocycles. The minimum absolute atomic E-state index is 0.00526. The quantitative estimate of drug-likeness (QED) is 0.156. The summed E-state index contributed by atoms with van der Waals surface area (Å²) in [4.78, 5) is 48.4. The summed E-state index contributed by atoms with van der Waals surface area (Å²) in [5.41, 5.74) is 0.579. The van der Waals surface area contributed by atoms with Crippen LogP contribution in [-0.2, 0) is 14.4 Å². The SMILES string of the molecule is C=CCN(CCC)C(=O)[C@H]1[C@H]2C(=O)N(CCCCCCO)C(C(=O)N(CC=C)c3ccccc3Cl)C23CC(Br)[C@@H]1S3. The first-order valence-electron chi connectivity index (χ1n) is 14.6. The van der Waals surface area contributed by atoms with Crippen LogP contribution in [-0.4, -0.2) is 86.3 Å². The van der Waals surface area contributed by atoms with Crippen LogP contribution in [0.25, 0.3) is 0 Å². The van der Waals surface area contributed by atoms with Crippen LogP contribution in [0.5, 0.6) is 0 Å². The van der Waals surface area contributed by atoms with Crippen molar-refractivity contribution >= 4 is 62.7 Å². The van der Waals surface area contributed by atoms with E-state index in [1.165, 1.54) is 0 Å². The van der Waals surface area contributed by atoms with Gasteiger partial charge in [0.15, 0.2) is 0 Å². The summed E-state index contributed by atoms with van der Waals surface area (Å²) in [5, 5.41) is 9.55. The second-order valence-corrected chi connectivity index (χ2v) is 14.2. The van der Waals surface area contributed by atoms with Crippen LogP contribution in [0.1, 0.15) is 45.4 Å². The van der Waals surface area contributed by atoms with Gasteiger partial charge in [0.05, 0.1) is 27.3 Å². The van der Waals surface area contributed by atoms with E-state index in [4.69, 9.17) is 11.6 Å². The maximum absolute atomic E-state index is 14.7. The molecule has 1 aromatic carbocycles. The van der Waals surface area contributed by atoms with Crippen LogP contribution in [0, 0.1) is 11.8 Å². The van der Waals surface area contributed by atoms with Crippen molar-refractivity contribution in [3.05, 3.63) is 54.6 Å². The van der Waals surface area contributed by atoms with Gasteiger partial charge >= 0.3 is 0 Å². The lowest BCUT2D eigenvalue weighted by molar-refractivity contribution is -0.143. The zero-order valence-corrected chi connectivity index (χ0v) is 26.9. The van der Waals surface area contributed by atoms with Crippen molar-refractivity contribution < 1.29 is 19.5 Å². The third-order valence-corrected chi connectivity index (χ3v) is 12.0. The Morgan fingerprint density at radius 3 is 2.54 bits per heavy atom. The topological polar surface area (TPSA) is 81.2 Å². The lowest BCUT2D eigenvalue weighted by Gasteiger charge is -2.38. The molecule has 2 bridgehead atoms. The van der Waals surface area contributed by atoms with Crippen LogP contribution in [0.3, 0.4) is 0 Å². The van der Waals surface area contributed by atoms with E-state index in [1.807, 2.05) is 30.0 Å². The molecule has 7 nitrogen and oxygen atoms in total. The highest BCUT2D eigenvalue weighted by atomic mass is 79.9. The van der Waals surface area contributed by atoms with Crippen LogP contribution in [0.15, 0.2) is 49.6 Å². The zero-order chi connectivity index (χ0) is 29.7. The fraction of sp³-hybridized carbons (Fsp3) is 0.581. The van der Waals surface area contributed by atoms with Gasteiger partial charge in [-0.25, -0.2) is 0 Å². The molecule has 4 rings (SSSR count). The lowest BCUT2D eigenvalue weighted by atomic mass is 9.70. The Bertz CT molecular complexity index is 1150. The molecule has 3 fully saturated rings. The highest BCUT2D eigenvalue weighted by molar-refractivity contribution is 9.09. The molecule has 3 saturated heterocycles. The first-order chi connectivity index (χ1) is 19.8. The Hall–Kier alpha value is -1.81. The number of carbonyl (C=O) groups is 3. The van der Waals surface area contributed by atoms with Gasteiger partial charge in [-0.1, -0.05) is 71.6 Å². The monoisotopic (exact) mass is 665 g/mol. The molecule has 1 spiro atoms. The van der Waals surface area contributed by atoms with E-state index >= 15 is 0 Å². The van der Waals surface area contributed by atoms with Gasteiger partial charge in [0.2, 0.25) is 11.8 Å². The molecule has 3 aliphatic heterocycles. The third-order valence-electron chi connectivity index (χ3n) is 8.49. The molecule has 6 atom stereocenters. The first kappa shape index (κ1) is 32.1. The fourth-order valence-corrected chi connectivity index (χ4v) is 10.7. The summed E-state index contributed by atoms with van der Waals surface area (Å²) < 4.78 is -0.731. The van der Waals surface area contributed by atoms with E-state index in [0.29, 0.717) is 43.2 Å². The molecule has 3 aliphatic rings. The van der Waals surface area contributed by atoms with Crippen LogP contribution in [0.2, 0.25) is 5.02 Å². The largest absolute Gasteiger partial charge is 0.396 e. The third kappa shape index (κ3) is 6.01. The van der Waals surface area contributed by atoms with Crippen molar-refractivity contribution in [2.45, 2.75) is 66.3 Å². The van der Waals surface area contributed by atoms with Gasteiger partial charge in [0, 0.05) is 42.9 Å². The molecule has 0 radical (unpaired) electrons. The molecule has 0 aliphatic carbocycles. The van der Waals surface area contributed by atoms with E-state index < -0.39 is 22.6 Å². The Labute approximate surface area is 261 Å². The summed E-state index contributed by atoms with van der Waals surface area (Å²) in [6, 6.07) is 6.49. The van der Waals surface area contributed by atoms with E-state index in [-0.39, 0.29) is 41.0 Å². The summed E-state index contributed by atoms with van der Waals surface area (Å²) in [5.74, 6) is -1.42. The van der Waals surface area contributed by atoms with Crippen molar-refractivity contribution in [3.8, 4) is 0 Å². The Kier molecular flexibility index (Phi) is 11.0. The number of likely N-dealkylation sites (tertiary alicyclic amines) is 1. The number of aliphatic hydroxyl groups is 1. The van der Waals surface area contributed by atoms with Crippen molar-refractivity contribution in [1.29, 1.82) is 0 Å². The number of aliphatic hydroxyl groups excluding tert-OH is 1. The van der Waals surface area contributed by atoms with Crippen LogP contribution < -0.4 is 4.90 Å². The van der Waals surface area contributed by atoms with E-state index in [9.17, 15) is 19.5 Å². The van der Waals surface area contributed by atoms with E-state index in [1.54, 1.807) is 39.8 Å². The second-order valence-electron chi connectivity index (χ2n) is 11.1. The lowest BCUT2D eigenvalue weighted by Crippen LogP contribution is -2.56. The van der Waals surface area contributed by atoms with Crippen LogP contribution in [0.4, 0.5) is 5.69 Å². The number of fused-ring (bicyclic) bond motifs is 1. The number of nitrogens with zero attached hydrogens (tertiary/aromatic N) is 3. The highest BCUT2D eigenvalue weighted by Gasteiger charge is 2.76. The normalized spacial score (nSPS) is 28.0. The number of halogens is 2. The van der Waals surface area contributed by atoms with Gasteiger partial charge in [0.1, 0.15) is 6.04 Å². The fourth-order valence-electron chi connectivity index (χ4n) is 6.86. The van der Waals surface area contributed by atoms with Gasteiger partial charge < -0.3 is 19.8 Å². The molecule has 0 aromatic heterocycles. The summed E-state index contributed by atoms with van der Waals surface area (Å²) >= 11 is 12.1. The number of unbranched alkanes of at least 4 members (excludes halogenated alkanes) is 3. The standard InChI is InChI=1S/C31H41BrClN3O4S/c1-4-15-34(16-5-2)28(38)24-25-29(39)36(18-11-7-8-12-19-37)27(31(25)20-21(32)26(24)41-31)30(40)35(17-6-3)23-14-10-9-13-22(23)33/h4,6,9-10,13-14,21,24-27,37H,1,3,5,7-8,11-12,15-20H2,2H3/t21?,24-,25-,26-,27?,31?/m0/s1. The van der Waals surface area contributed by atoms with E-state index in [2.05, 4.69) is 29.1 Å². The maximum atomic E-state index is 14.7. The smallest absolute Gasteiger partial charge is 0.251 e. The number of alkyl halides is 1. The summed E-state index contributed by atoms with van der Waals surface area (Å²) in [6.07, 6.45) is 7.94. The highest BCUT2D eigenvalue weighted by Crippen LogP contribution is 2.68. The van der Waals surface area contributed by atoms with Gasteiger partial charge in [-0.2, -0.15) is 0 Å². The number of hydrogen-bond acceptors (Lipinski definition) is 5. The second kappa shape index (κ2) is 14.1. The average Bonchev–Trinajstić information content (AvgIpc) is 3.54. The first-order valence-corrected chi connectivity index (χ1v) is 16.7. The van der Waals surface area contributed by atoms with E-state index in [0.717, 1.165) is 25.7 Å². The number of benzene rings is 1. The molecule has 3 unspecified atom stereocenters.